The zero-order valence-electron chi connectivity index (χ0n) is 11.9. The molecule has 0 spiro atoms. The van der Waals surface area contributed by atoms with Gasteiger partial charge in [-0.3, -0.25) is 9.59 Å². The van der Waals surface area contributed by atoms with E-state index in [9.17, 15) is 9.59 Å². The van der Waals surface area contributed by atoms with Gasteiger partial charge in [-0.2, -0.15) is 0 Å². The smallest absolute Gasteiger partial charge is 0.229 e. The minimum Gasteiger partial charge on any atom is -0.385 e. The van der Waals surface area contributed by atoms with Gasteiger partial charge < -0.3 is 15.4 Å². The molecule has 0 aromatic carbocycles. The van der Waals surface area contributed by atoms with Crippen molar-refractivity contribution in [2.45, 2.75) is 57.4 Å². The van der Waals surface area contributed by atoms with Gasteiger partial charge in [0.25, 0.3) is 0 Å². The van der Waals surface area contributed by atoms with E-state index >= 15 is 0 Å². The van der Waals surface area contributed by atoms with E-state index in [0.29, 0.717) is 13.2 Å². The Hall–Kier alpha value is -1.10. The number of carbonyl (C=O) groups excluding carboxylic acids is 2. The number of methoxy groups -OCH3 is 1. The Kier molecular flexibility index (Phi) is 8.21. The highest BCUT2D eigenvalue weighted by atomic mass is 16.5. The fraction of sp³-hybridized carbons (Fsp3) is 0.857. The lowest BCUT2D eigenvalue weighted by molar-refractivity contribution is -0.129. The van der Waals surface area contributed by atoms with Crippen molar-refractivity contribution < 1.29 is 14.3 Å². The van der Waals surface area contributed by atoms with Crippen LogP contribution < -0.4 is 10.6 Å². The second-order valence-electron chi connectivity index (χ2n) is 5.13. The lowest BCUT2D eigenvalue weighted by Gasteiger charge is -2.16. The van der Waals surface area contributed by atoms with Crippen molar-refractivity contribution in [1.29, 1.82) is 0 Å². The molecule has 1 aliphatic rings. The summed E-state index contributed by atoms with van der Waals surface area (Å²) in [6.45, 7) is 1.18. The van der Waals surface area contributed by atoms with Crippen LogP contribution in [0.5, 0.6) is 0 Å². The molecule has 0 aromatic heterocycles. The SMILES string of the molecule is COCCCNC(=O)CC(=O)NC1CCCCCC1. The molecule has 5 nitrogen and oxygen atoms in total. The zero-order valence-corrected chi connectivity index (χ0v) is 11.9. The van der Waals surface area contributed by atoms with Crippen LogP contribution in [0.2, 0.25) is 0 Å². The molecule has 0 heterocycles. The minimum atomic E-state index is -0.206. The van der Waals surface area contributed by atoms with Crippen molar-refractivity contribution in [3.63, 3.8) is 0 Å². The Morgan fingerprint density at radius 2 is 1.79 bits per heavy atom. The summed E-state index contributed by atoms with van der Waals surface area (Å²) in [6, 6.07) is 0.260. The summed E-state index contributed by atoms with van der Waals surface area (Å²) < 4.78 is 4.89. The number of hydrogen-bond donors (Lipinski definition) is 2. The van der Waals surface area contributed by atoms with Crippen molar-refractivity contribution >= 4 is 11.8 Å². The van der Waals surface area contributed by atoms with Crippen LogP contribution in [0.15, 0.2) is 0 Å². The van der Waals surface area contributed by atoms with E-state index < -0.39 is 0 Å². The summed E-state index contributed by atoms with van der Waals surface area (Å²) in [5, 5.41) is 5.69. The standard InChI is InChI=1S/C14H26N2O3/c1-19-10-6-9-15-13(17)11-14(18)16-12-7-4-2-3-5-8-12/h12H,2-11H2,1H3,(H,15,17)(H,16,18). The van der Waals surface area contributed by atoms with Crippen LogP contribution in [0.25, 0.3) is 0 Å². The second kappa shape index (κ2) is 9.78. The average Bonchev–Trinajstić information content (AvgIpc) is 2.63. The van der Waals surface area contributed by atoms with Crippen LogP contribution in [0.4, 0.5) is 0 Å². The summed E-state index contributed by atoms with van der Waals surface area (Å²) in [4.78, 5) is 23.2. The number of ether oxygens (including phenoxy) is 1. The van der Waals surface area contributed by atoms with Crippen molar-refractivity contribution in [2.24, 2.45) is 0 Å². The highest BCUT2D eigenvalue weighted by Gasteiger charge is 2.16. The van der Waals surface area contributed by atoms with E-state index in [1.165, 1.54) is 25.7 Å². The van der Waals surface area contributed by atoms with Crippen LogP contribution in [-0.4, -0.2) is 38.1 Å². The topological polar surface area (TPSA) is 67.4 Å². The maximum Gasteiger partial charge on any atom is 0.229 e. The van der Waals surface area contributed by atoms with Crippen LogP contribution in [0.1, 0.15) is 51.4 Å². The fourth-order valence-corrected chi connectivity index (χ4v) is 2.36. The number of carbonyl (C=O) groups is 2. The van der Waals surface area contributed by atoms with E-state index in [0.717, 1.165) is 19.3 Å². The van der Waals surface area contributed by atoms with Gasteiger partial charge in [0.15, 0.2) is 0 Å². The monoisotopic (exact) mass is 270 g/mol. The summed E-state index contributed by atoms with van der Waals surface area (Å²) in [5.41, 5.74) is 0. The third-order valence-electron chi connectivity index (χ3n) is 3.39. The van der Waals surface area contributed by atoms with Crippen molar-refractivity contribution in [3.05, 3.63) is 0 Å². The number of amides is 2. The Morgan fingerprint density at radius 3 is 2.42 bits per heavy atom. The summed E-state index contributed by atoms with van der Waals surface area (Å²) in [5.74, 6) is -0.363. The molecule has 1 saturated carbocycles. The first-order valence-corrected chi connectivity index (χ1v) is 7.27. The Labute approximate surface area is 115 Å². The van der Waals surface area contributed by atoms with Gasteiger partial charge in [0.05, 0.1) is 0 Å². The Morgan fingerprint density at radius 1 is 1.11 bits per heavy atom. The molecule has 110 valence electrons. The average molecular weight is 270 g/mol. The predicted molar refractivity (Wildman–Crippen MR) is 73.8 cm³/mol. The molecule has 0 bridgehead atoms. The quantitative estimate of drug-likeness (QED) is 0.417. The van der Waals surface area contributed by atoms with Gasteiger partial charge >= 0.3 is 0 Å². The highest BCUT2D eigenvalue weighted by molar-refractivity contribution is 5.96. The normalized spacial score (nSPS) is 16.7. The molecule has 0 aliphatic heterocycles. The van der Waals surface area contributed by atoms with Gasteiger partial charge in [0.2, 0.25) is 11.8 Å². The fourth-order valence-electron chi connectivity index (χ4n) is 2.36. The molecular weight excluding hydrogens is 244 g/mol. The summed E-state index contributed by atoms with van der Waals surface area (Å²) >= 11 is 0. The molecule has 2 N–H and O–H groups in total. The van der Waals surface area contributed by atoms with E-state index in [4.69, 9.17) is 4.74 Å². The third kappa shape index (κ3) is 7.82. The van der Waals surface area contributed by atoms with Crippen molar-refractivity contribution in [2.75, 3.05) is 20.3 Å². The Bertz CT molecular complexity index is 274. The molecule has 1 fully saturated rings. The van der Waals surface area contributed by atoms with Gasteiger partial charge in [0, 0.05) is 26.3 Å². The van der Waals surface area contributed by atoms with Gasteiger partial charge in [-0.05, 0) is 19.3 Å². The number of hydrogen-bond acceptors (Lipinski definition) is 3. The first-order chi connectivity index (χ1) is 9.22. The van der Waals surface area contributed by atoms with Gasteiger partial charge in [-0.25, -0.2) is 0 Å². The molecule has 5 heteroatoms. The van der Waals surface area contributed by atoms with Crippen LogP contribution in [0.3, 0.4) is 0 Å². The lowest BCUT2D eigenvalue weighted by Crippen LogP contribution is -2.38. The maximum absolute atomic E-state index is 11.7. The zero-order chi connectivity index (χ0) is 13.9. The Balaban J connectivity index is 2.13. The van der Waals surface area contributed by atoms with Crippen molar-refractivity contribution in [1.82, 2.24) is 10.6 Å². The summed E-state index contributed by atoms with van der Waals surface area (Å²) in [7, 11) is 1.63. The predicted octanol–water partition coefficient (Wildman–Crippen LogP) is 1.37. The van der Waals surface area contributed by atoms with Gasteiger partial charge in [0.1, 0.15) is 6.42 Å². The minimum absolute atomic E-state index is 0.0660. The number of rotatable bonds is 7. The van der Waals surface area contributed by atoms with Crippen LogP contribution in [0, 0.1) is 0 Å². The van der Waals surface area contributed by atoms with E-state index in [1.54, 1.807) is 7.11 Å². The van der Waals surface area contributed by atoms with Gasteiger partial charge in [-0.1, -0.05) is 25.7 Å². The first-order valence-electron chi connectivity index (χ1n) is 7.27. The molecule has 0 aromatic rings. The molecule has 0 radical (unpaired) electrons. The molecule has 1 rings (SSSR count). The largest absolute Gasteiger partial charge is 0.385 e. The van der Waals surface area contributed by atoms with E-state index in [2.05, 4.69) is 10.6 Å². The molecule has 0 atom stereocenters. The molecule has 0 unspecified atom stereocenters. The van der Waals surface area contributed by atoms with Crippen molar-refractivity contribution in [3.8, 4) is 0 Å². The molecule has 0 saturated heterocycles. The molecule has 19 heavy (non-hydrogen) atoms. The third-order valence-corrected chi connectivity index (χ3v) is 3.39. The maximum atomic E-state index is 11.7. The lowest BCUT2D eigenvalue weighted by atomic mass is 10.1. The summed E-state index contributed by atoms with van der Waals surface area (Å²) in [6.07, 6.45) is 7.65. The molecule has 1 aliphatic carbocycles. The van der Waals surface area contributed by atoms with Gasteiger partial charge in [-0.15, -0.1) is 0 Å². The van der Waals surface area contributed by atoms with Crippen LogP contribution in [-0.2, 0) is 14.3 Å². The van der Waals surface area contributed by atoms with E-state index in [-0.39, 0.29) is 24.3 Å². The van der Waals surface area contributed by atoms with E-state index in [1.807, 2.05) is 0 Å². The molecule has 2 amide bonds. The second-order valence-corrected chi connectivity index (χ2v) is 5.13. The van der Waals surface area contributed by atoms with Crippen LogP contribution >= 0.6 is 0 Å². The number of nitrogens with one attached hydrogen (secondary N) is 2. The first kappa shape index (κ1) is 16.0. The molecular formula is C14H26N2O3. The highest BCUT2D eigenvalue weighted by Crippen LogP contribution is 2.17.